The second-order valence-corrected chi connectivity index (χ2v) is 7.01. The van der Waals surface area contributed by atoms with Crippen molar-refractivity contribution in [1.82, 2.24) is 15.0 Å². The molecule has 1 aliphatic carbocycles. The predicted octanol–water partition coefficient (Wildman–Crippen LogP) is 2.80. The Morgan fingerprint density at radius 1 is 1.00 bits per heavy atom. The summed E-state index contributed by atoms with van der Waals surface area (Å²) in [5, 5.41) is 3.87. The van der Waals surface area contributed by atoms with Crippen LogP contribution in [0.4, 0.5) is 0 Å². The van der Waals surface area contributed by atoms with E-state index < -0.39 is 0 Å². The highest BCUT2D eigenvalue weighted by Gasteiger charge is 2.30. The fourth-order valence-electron chi connectivity index (χ4n) is 3.81. The van der Waals surface area contributed by atoms with Crippen LogP contribution in [0.15, 0.2) is 33.4 Å². The van der Waals surface area contributed by atoms with Gasteiger partial charge in [-0.25, -0.2) is 0 Å². The van der Waals surface area contributed by atoms with E-state index in [2.05, 4.69) is 5.16 Å². The summed E-state index contributed by atoms with van der Waals surface area (Å²) in [6, 6.07) is 5.10. The Bertz CT molecular complexity index is 754. The first-order valence-electron chi connectivity index (χ1n) is 9.31. The molecule has 2 amide bonds. The minimum Gasteiger partial charge on any atom is -0.461 e. The Labute approximate surface area is 151 Å². The molecule has 0 aromatic carbocycles. The van der Waals surface area contributed by atoms with Gasteiger partial charge in [-0.15, -0.1) is 0 Å². The maximum absolute atomic E-state index is 12.6. The molecule has 1 saturated heterocycles. The van der Waals surface area contributed by atoms with E-state index in [1.165, 1.54) is 6.42 Å². The third-order valence-electron chi connectivity index (χ3n) is 5.33. The first-order chi connectivity index (χ1) is 12.7. The number of carbonyl (C=O) groups excluding carboxylic acids is 2. The molecule has 0 N–H and O–H groups in total. The molecular formula is C19H23N3O4. The first kappa shape index (κ1) is 16.9. The fourth-order valence-corrected chi connectivity index (χ4v) is 3.81. The van der Waals surface area contributed by atoms with Crippen LogP contribution >= 0.6 is 0 Å². The zero-order valence-electron chi connectivity index (χ0n) is 14.7. The summed E-state index contributed by atoms with van der Waals surface area (Å²) >= 11 is 0. The van der Waals surface area contributed by atoms with Gasteiger partial charge in [0.2, 0.25) is 11.7 Å². The van der Waals surface area contributed by atoms with E-state index in [0.29, 0.717) is 37.7 Å². The van der Waals surface area contributed by atoms with Crippen molar-refractivity contribution >= 4 is 11.8 Å². The molecule has 138 valence electrons. The number of hydrogen-bond acceptors (Lipinski definition) is 5. The Morgan fingerprint density at radius 3 is 2.42 bits per heavy atom. The van der Waals surface area contributed by atoms with Gasteiger partial charge in [-0.3, -0.25) is 9.59 Å². The lowest BCUT2D eigenvalue weighted by atomic mass is 9.88. The van der Waals surface area contributed by atoms with E-state index in [9.17, 15) is 9.59 Å². The Morgan fingerprint density at radius 2 is 1.73 bits per heavy atom. The average molecular weight is 357 g/mol. The number of hydrogen-bond donors (Lipinski definition) is 0. The van der Waals surface area contributed by atoms with E-state index in [4.69, 9.17) is 8.94 Å². The summed E-state index contributed by atoms with van der Waals surface area (Å²) in [5.41, 5.74) is 0.267. The highest BCUT2D eigenvalue weighted by molar-refractivity contribution is 5.93. The maximum Gasteiger partial charge on any atom is 0.276 e. The largest absolute Gasteiger partial charge is 0.461 e. The summed E-state index contributed by atoms with van der Waals surface area (Å²) in [4.78, 5) is 28.9. The van der Waals surface area contributed by atoms with Gasteiger partial charge in [0.05, 0.1) is 6.26 Å². The number of piperazine rings is 1. The van der Waals surface area contributed by atoms with Crippen molar-refractivity contribution < 1.29 is 18.5 Å². The number of aromatic nitrogens is 1. The quantitative estimate of drug-likeness (QED) is 0.844. The lowest BCUT2D eigenvalue weighted by Crippen LogP contribution is -2.52. The van der Waals surface area contributed by atoms with Crippen LogP contribution in [0.25, 0.3) is 11.5 Å². The van der Waals surface area contributed by atoms with Crippen molar-refractivity contribution in [3.05, 3.63) is 30.2 Å². The third kappa shape index (κ3) is 3.38. The van der Waals surface area contributed by atoms with Gasteiger partial charge in [0.1, 0.15) is 0 Å². The summed E-state index contributed by atoms with van der Waals surface area (Å²) in [7, 11) is 0. The van der Waals surface area contributed by atoms with Gasteiger partial charge >= 0.3 is 0 Å². The molecule has 0 spiro atoms. The van der Waals surface area contributed by atoms with Gasteiger partial charge in [0, 0.05) is 38.2 Å². The molecule has 0 atom stereocenters. The Balaban J connectivity index is 1.34. The van der Waals surface area contributed by atoms with Crippen molar-refractivity contribution in [2.75, 3.05) is 26.2 Å². The van der Waals surface area contributed by atoms with E-state index in [0.717, 1.165) is 25.7 Å². The van der Waals surface area contributed by atoms with Gasteiger partial charge in [-0.05, 0) is 25.0 Å². The molecule has 7 nitrogen and oxygen atoms in total. The molecule has 2 aliphatic rings. The summed E-state index contributed by atoms with van der Waals surface area (Å²) in [6.45, 7) is 2.23. The first-order valence-corrected chi connectivity index (χ1v) is 9.31. The Kier molecular flexibility index (Phi) is 4.77. The van der Waals surface area contributed by atoms with Crippen LogP contribution in [0.1, 0.15) is 42.6 Å². The normalized spacial score (nSPS) is 18.9. The molecule has 3 heterocycles. The molecule has 26 heavy (non-hydrogen) atoms. The minimum atomic E-state index is -0.170. The maximum atomic E-state index is 12.6. The number of furan rings is 1. The van der Waals surface area contributed by atoms with Gasteiger partial charge in [0.15, 0.2) is 11.5 Å². The van der Waals surface area contributed by atoms with E-state index in [1.54, 1.807) is 29.4 Å². The standard InChI is InChI=1S/C19H23N3O4/c23-18(14-5-2-1-3-6-14)21-8-10-22(11-9-21)19(24)15-13-17(26-20-15)16-7-4-12-25-16/h4,7,12-14H,1-3,5-6,8-11H2. The molecule has 1 aliphatic heterocycles. The average Bonchev–Trinajstić information content (AvgIpc) is 3.39. The van der Waals surface area contributed by atoms with Gasteiger partial charge in [-0.2, -0.15) is 0 Å². The van der Waals surface area contributed by atoms with Crippen LogP contribution in [0, 0.1) is 5.92 Å². The lowest BCUT2D eigenvalue weighted by Gasteiger charge is -2.36. The molecule has 4 rings (SSSR count). The SMILES string of the molecule is O=C(c1cc(-c2ccco2)on1)N1CCN(C(=O)C2CCCCC2)CC1. The van der Waals surface area contributed by atoms with Crippen molar-refractivity contribution in [2.45, 2.75) is 32.1 Å². The molecule has 0 radical (unpaired) electrons. The lowest BCUT2D eigenvalue weighted by molar-refractivity contribution is -0.138. The van der Waals surface area contributed by atoms with E-state index in [1.807, 2.05) is 4.90 Å². The van der Waals surface area contributed by atoms with Gasteiger partial charge in [0.25, 0.3) is 5.91 Å². The molecule has 0 bridgehead atoms. The van der Waals surface area contributed by atoms with Crippen LogP contribution in [0.3, 0.4) is 0 Å². The number of nitrogens with zero attached hydrogens (tertiary/aromatic N) is 3. The summed E-state index contributed by atoms with van der Waals surface area (Å²) < 4.78 is 10.5. The molecule has 0 unspecified atom stereocenters. The molecular weight excluding hydrogens is 334 g/mol. The van der Waals surface area contributed by atoms with Crippen LogP contribution in [-0.2, 0) is 4.79 Å². The van der Waals surface area contributed by atoms with E-state index >= 15 is 0 Å². The highest BCUT2D eigenvalue weighted by Crippen LogP contribution is 2.26. The molecule has 2 aromatic rings. The van der Waals surface area contributed by atoms with Crippen molar-refractivity contribution in [3.63, 3.8) is 0 Å². The van der Waals surface area contributed by atoms with Crippen LogP contribution < -0.4 is 0 Å². The third-order valence-corrected chi connectivity index (χ3v) is 5.33. The summed E-state index contributed by atoms with van der Waals surface area (Å²) in [5.74, 6) is 1.25. The van der Waals surface area contributed by atoms with Crippen molar-refractivity contribution in [1.29, 1.82) is 0 Å². The second-order valence-electron chi connectivity index (χ2n) is 7.01. The molecule has 7 heteroatoms. The van der Waals surface area contributed by atoms with Crippen LogP contribution in [-0.4, -0.2) is 52.9 Å². The molecule has 2 aromatic heterocycles. The Hall–Kier alpha value is -2.57. The monoisotopic (exact) mass is 357 g/mol. The zero-order valence-corrected chi connectivity index (χ0v) is 14.7. The topological polar surface area (TPSA) is 79.8 Å². The van der Waals surface area contributed by atoms with Crippen molar-refractivity contribution in [3.8, 4) is 11.5 Å². The molecule has 2 fully saturated rings. The predicted molar refractivity (Wildman–Crippen MR) is 93.3 cm³/mol. The van der Waals surface area contributed by atoms with Crippen LogP contribution in [0.5, 0.6) is 0 Å². The van der Waals surface area contributed by atoms with Crippen LogP contribution in [0.2, 0.25) is 0 Å². The van der Waals surface area contributed by atoms with E-state index in [-0.39, 0.29) is 23.4 Å². The zero-order chi connectivity index (χ0) is 17.9. The summed E-state index contributed by atoms with van der Waals surface area (Å²) in [6.07, 6.45) is 7.10. The highest BCUT2D eigenvalue weighted by atomic mass is 16.5. The van der Waals surface area contributed by atoms with Gasteiger partial charge < -0.3 is 18.7 Å². The van der Waals surface area contributed by atoms with Gasteiger partial charge in [-0.1, -0.05) is 24.4 Å². The van der Waals surface area contributed by atoms with Crippen molar-refractivity contribution in [2.24, 2.45) is 5.92 Å². The smallest absolute Gasteiger partial charge is 0.276 e. The molecule has 1 saturated carbocycles. The minimum absolute atomic E-state index is 0.170. The number of amides is 2. The number of rotatable bonds is 3. The fraction of sp³-hybridized carbons (Fsp3) is 0.526. The number of carbonyl (C=O) groups is 2. The second kappa shape index (κ2) is 7.35.